The summed E-state index contributed by atoms with van der Waals surface area (Å²) >= 11 is 0. The molecule has 0 aliphatic rings. The molecular formula is C13H19NO. The average molecular weight is 205 g/mol. The molecule has 1 aromatic rings. The number of ketones is 1. The SMILES string of the molecule is CCc1cccc(C(=O)C(C)C(C)N)c1. The smallest absolute Gasteiger partial charge is 0.167 e. The number of hydrogen-bond donors (Lipinski definition) is 1. The number of carbonyl (C=O) groups excluding carboxylic acids is 1. The Morgan fingerprint density at radius 2 is 2.07 bits per heavy atom. The van der Waals surface area contributed by atoms with Gasteiger partial charge in [-0.1, -0.05) is 32.0 Å². The summed E-state index contributed by atoms with van der Waals surface area (Å²) in [7, 11) is 0. The number of rotatable bonds is 4. The highest BCUT2D eigenvalue weighted by Crippen LogP contribution is 2.13. The largest absolute Gasteiger partial charge is 0.327 e. The highest BCUT2D eigenvalue weighted by Gasteiger charge is 2.18. The van der Waals surface area contributed by atoms with Crippen LogP contribution in [0.4, 0.5) is 0 Å². The van der Waals surface area contributed by atoms with Gasteiger partial charge in [0.25, 0.3) is 0 Å². The number of benzene rings is 1. The maximum Gasteiger partial charge on any atom is 0.167 e. The first-order valence-electron chi connectivity index (χ1n) is 5.45. The van der Waals surface area contributed by atoms with Crippen molar-refractivity contribution in [3.8, 4) is 0 Å². The molecule has 0 spiro atoms. The number of nitrogens with two attached hydrogens (primary N) is 1. The molecule has 0 aliphatic carbocycles. The van der Waals surface area contributed by atoms with Crippen LogP contribution in [-0.2, 0) is 6.42 Å². The molecule has 0 saturated heterocycles. The van der Waals surface area contributed by atoms with Gasteiger partial charge >= 0.3 is 0 Å². The maximum atomic E-state index is 12.0. The fourth-order valence-corrected chi connectivity index (χ4v) is 1.45. The van der Waals surface area contributed by atoms with Crippen LogP contribution in [0, 0.1) is 5.92 Å². The Bertz CT molecular complexity index is 344. The standard InChI is InChI=1S/C13H19NO/c1-4-11-6-5-7-12(8-11)13(15)9(2)10(3)14/h5-10H,4,14H2,1-3H3. The molecule has 2 heteroatoms. The van der Waals surface area contributed by atoms with E-state index in [4.69, 9.17) is 5.73 Å². The van der Waals surface area contributed by atoms with Crippen LogP contribution in [0.15, 0.2) is 24.3 Å². The molecule has 2 atom stereocenters. The van der Waals surface area contributed by atoms with E-state index in [0.29, 0.717) is 0 Å². The van der Waals surface area contributed by atoms with Gasteiger partial charge in [0, 0.05) is 17.5 Å². The summed E-state index contributed by atoms with van der Waals surface area (Å²) in [6.45, 7) is 5.83. The summed E-state index contributed by atoms with van der Waals surface area (Å²) in [5.41, 5.74) is 7.69. The minimum atomic E-state index is -0.114. The van der Waals surface area contributed by atoms with Crippen LogP contribution in [0.1, 0.15) is 36.7 Å². The fraction of sp³-hybridized carbons (Fsp3) is 0.462. The molecule has 0 radical (unpaired) electrons. The molecule has 0 bridgehead atoms. The molecule has 2 nitrogen and oxygen atoms in total. The van der Waals surface area contributed by atoms with Gasteiger partial charge in [-0.2, -0.15) is 0 Å². The first kappa shape index (κ1) is 11.9. The van der Waals surface area contributed by atoms with E-state index >= 15 is 0 Å². The normalized spacial score (nSPS) is 14.7. The molecule has 2 unspecified atom stereocenters. The zero-order chi connectivity index (χ0) is 11.4. The summed E-state index contributed by atoms with van der Waals surface area (Å²) in [5.74, 6) is 0.0254. The molecule has 15 heavy (non-hydrogen) atoms. The van der Waals surface area contributed by atoms with Crippen molar-refractivity contribution in [2.75, 3.05) is 0 Å². The molecule has 0 aromatic heterocycles. The van der Waals surface area contributed by atoms with Crippen LogP contribution < -0.4 is 5.73 Å². The summed E-state index contributed by atoms with van der Waals surface area (Å²) in [4.78, 5) is 12.0. The Balaban J connectivity index is 2.91. The molecule has 0 fully saturated rings. The molecule has 82 valence electrons. The molecule has 0 amide bonds. The van der Waals surface area contributed by atoms with Gasteiger partial charge in [-0.25, -0.2) is 0 Å². The molecule has 0 aliphatic heterocycles. The van der Waals surface area contributed by atoms with Gasteiger partial charge in [-0.05, 0) is 25.0 Å². The summed E-state index contributed by atoms with van der Waals surface area (Å²) in [6.07, 6.45) is 0.952. The predicted molar refractivity (Wildman–Crippen MR) is 63.0 cm³/mol. The number of aryl methyl sites for hydroxylation is 1. The number of Topliss-reactive ketones (excluding diaryl/α,β-unsaturated/α-hetero) is 1. The molecular weight excluding hydrogens is 186 g/mol. The fourth-order valence-electron chi connectivity index (χ4n) is 1.45. The molecule has 1 rings (SSSR count). The topological polar surface area (TPSA) is 43.1 Å². The van der Waals surface area contributed by atoms with Gasteiger partial charge in [0.15, 0.2) is 5.78 Å². The molecule has 2 N–H and O–H groups in total. The summed E-state index contributed by atoms with van der Waals surface area (Å²) in [5, 5.41) is 0. The van der Waals surface area contributed by atoms with E-state index in [0.717, 1.165) is 12.0 Å². The van der Waals surface area contributed by atoms with Crippen LogP contribution in [0.3, 0.4) is 0 Å². The van der Waals surface area contributed by atoms with Crippen molar-refractivity contribution < 1.29 is 4.79 Å². The lowest BCUT2D eigenvalue weighted by Gasteiger charge is -2.14. The summed E-state index contributed by atoms with van der Waals surface area (Å²) < 4.78 is 0. The minimum absolute atomic E-state index is 0.0946. The molecule has 0 saturated carbocycles. The third kappa shape index (κ3) is 2.90. The van der Waals surface area contributed by atoms with Crippen molar-refractivity contribution in [3.05, 3.63) is 35.4 Å². The van der Waals surface area contributed by atoms with Gasteiger partial charge in [-0.3, -0.25) is 4.79 Å². The first-order chi connectivity index (χ1) is 7.06. The van der Waals surface area contributed by atoms with Crippen molar-refractivity contribution >= 4 is 5.78 Å². The van der Waals surface area contributed by atoms with Gasteiger partial charge in [0.2, 0.25) is 0 Å². The Morgan fingerprint density at radius 1 is 1.40 bits per heavy atom. The Labute approximate surface area is 91.5 Å². The second kappa shape index (κ2) is 5.08. The van der Waals surface area contributed by atoms with Gasteiger partial charge in [0.05, 0.1) is 0 Å². The average Bonchev–Trinajstić information content (AvgIpc) is 2.27. The van der Waals surface area contributed by atoms with Gasteiger partial charge in [-0.15, -0.1) is 0 Å². The van der Waals surface area contributed by atoms with Crippen molar-refractivity contribution in [2.45, 2.75) is 33.2 Å². The van der Waals surface area contributed by atoms with E-state index in [1.165, 1.54) is 5.56 Å². The molecule has 1 aromatic carbocycles. The van der Waals surface area contributed by atoms with Gasteiger partial charge in [0.1, 0.15) is 0 Å². The quantitative estimate of drug-likeness (QED) is 0.767. The zero-order valence-corrected chi connectivity index (χ0v) is 9.66. The van der Waals surface area contributed by atoms with E-state index < -0.39 is 0 Å². The Kier molecular flexibility index (Phi) is 4.04. The third-order valence-electron chi connectivity index (χ3n) is 2.82. The van der Waals surface area contributed by atoms with E-state index in [1.54, 1.807) is 0 Å². The number of carbonyl (C=O) groups is 1. The zero-order valence-electron chi connectivity index (χ0n) is 9.66. The second-order valence-corrected chi connectivity index (χ2v) is 4.07. The molecule has 0 heterocycles. The van der Waals surface area contributed by atoms with Crippen molar-refractivity contribution in [1.82, 2.24) is 0 Å². The third-order valence-corrected chi connectivity index (χ3v) is 2.82. The highest BCUT2D eigenvalue weighted by atomic mass is 16.1. The second-order valence-electron chi connectivity index (χ2n) is 4.07. The lowest BCUT2D eigenvalue weighted by Crippen LogP contribution is -2.30. The highest BCUT2D eigenvalue weighted by molar-refractivity contribution is 5.98. The van der Waals surface area contributed by atoms with Crippen molar-refractivity contribution in [1.29, 1.82) is 0 Å². The predicted octanol–water partition coefficient (Wildman–Crippen LogP) is 2.42. The summed E-state index contributed by atoms with van der Waals surface area (Å²) in [6, 6.07) is 7.69. The Morgan fingerprint density at radius 3 is 2.60 bits per heavy atom. The van der Waals surface area contributed by atoms with Crippen LogP contribution in [0.25, 0.3) is 0 Å². The monoisotopic (exact) mass is 205 g/mol. The van der Waals surface area contributed by atoms with Gasteiger partial charge < -0.3 is 5.73 Å². The van der Waals surface area contributed by atoms with Crippen LogP contribution in [0.5, 0.6) is 0 Å². The Hall–Kier alpha value is -1.15. The maximum absolute atomic E-state index is 12.0. The van der Waals surface area contributed by atoms with E-state index in [2.05, 4.69) is 6.92 Å². The van der Waals surface area contributed by atoms with Crippen molar-refractivity contribution in [2.24, 2.45) is 11.7 Å². The van der Waals surface area contributed by atoms with E-state index in [1.807, 2.05) is 38.1 Å². The van der Waals surface area contributed by atoms with Crippen LogP contribution >= 0.6 is 0 Å². The lowest BCUT2D eigenvalue weighted by atomic mass is 9.93. The van der Waals surface area contributed by atoms with E-state index in [-0.39, 0.29) is 17.7 Å². The van der Waals surface area contributed by atoms with Crippen LogP contribution in [0.2, 0.25) is 0 Å². The lowest BCUT2D eigenvalue weighted by molar-refractivity contribution is 0.0917. The minimum Gasteiger partial charge on any atom is -0.327 e. The van der Waals surface area contributed by atoms with E-state index in [9.17, 15) is 4.79 Å². The van der Waals surface area contributed by atoms with Crippen LogP contribution in [-0.4, -0.2) is 11.8 Å². The first-order valence-corrected chi connectivity index (χ1v) is 5.45. The number of hydrogen-bond acceptors (Lipinski definition) is 2. The van der Waals surface area contributed by atoms with Crippen molar-refractivity contribution in [3.63, 3.8) is 0 Å².